The second-order valence-corrected chi connectivity index (χ2v) is 3.73. The summed E-state index contributed by atoms with van der Waals surface area (Å²) in [5.41, 5.74) is 6.18. The van der Waals surface area contributed by atoms with E-state index in [0.29, 0.717) is 5.69 Å². The third-order valence-corrected chi connectivity index (χ3v) is 2.39. The van der Waals surface area contributed by atoms with Gasteiger partial charge in [-0.1, -0.05) is 12.8 Å². The summed E-state index contributed by atoms with van der Waals surface area (Å²) in [5, 5.41) is 3.12. The molecule has 3 N–H and O–H groups in total. The molecule has 0 aromatic carbocycles. The highest BCUT2D eigenvalue weighted by atomic mass is 79.9. The Morgan fingerprint density at radius 2 is 2.50 bits per heavy atom. The fourth-order valence-corrected chi connectivity index (χ4v) is 1.47. The molecule has 1 atom stereocenters. The summed E-state index contributed by atoms with van der Waals surface area (Å²) in [4.78, 5) is 4.13. The molecule has 1 heterocycles. The van der Waals surface area contributed by atoms with Gasteiger partial charge in [0.2, 0.25) is 0 Å². The lowest BCUT2D eigenvalue weighted by atomic mass is 10.2. The topological polar surface area (TPSA) is 50.9 Å². The quantitative estimate of drug-likeness (QED) is 0.813. The average Bonchev–Trinajstić information content (AvgIpc) is 2.17. The van der Waals surface area contributed by atoms with Gasteiger partial charge in [-0.2, -0.15) is 0 Å². The van der Waals surface area contributed by atoms with Crippen molar-refractivity contribution in [3.63, 3.8) is 0 Å². The van der Waals surface area contributed by atoms with Crippen LogP contribution in [0.15, 0.2) is 16.7 Å². The smallest absolute Gasteiger partial charge is 0.141 e. The molecule has 74 valence electrons. The van der Waals surface area contributed by atoms with Crippen LogP contribution in [0.5, 0.6) is 0 Å². The normalized spacial score (nSPS) is 11.8. The highest BCUT2D eigenvalue weighted by Gasteiger charge is 2.06. The fourth-order valence-electron chi connectivity index (χ4n) is 0.986. The molecule has 0 bridgehead atoms. The van der Waals surface area contributed by atoms with Gasteiger partial charge >= 0.3 is 0 Å². The van der Waals surface area contributed by atoms with Gasteiger partial charge in [-0.25, -0.2) is 4.98 Å². The lowest BCUT2D eigenvalue weighted by molar-refractivity contribution is 0.850. The van der Waals surface area contributed by atoms with Crippen LogP contribution in [0.3, 0.4) is 0 Å². The maximum atomic E-state index is 5.56. The molecule has 0 aliphatic heterocycles. The number of hydrogen-bond acceptors (Lipinski definition) is 3. The standard InChI is InChI=1S/C10H12BrN3/c1-3-8(4-2)14-10-9(11)5-7(12)6-13-10/h1,5-6,8H,4,12H2,2H3,(H,13,14). The van der Waals surface area contributed by atoms with Gasteiger partial charge in [0.1, 0.15) is 5.82 Å². The molecule has 1 rings (SSSR count). The molecular weight excluding hydrogens is 242 g/mol. The van der Waals surface area contributed by atoms with E-state index < -0.39 is 0 Å². The summed E-state index contributed by atoms with van der Waals surface area (Å²) in [6, 6.07) is 1.79. The van der Waals surface area contributed by atoms with Gasteiger partial charge in [0, 0.05) is 0 Å². The maximum Gasteiger partial charge on any atom is 0.141 e. The first-order chi connectivity index (χ1) is 6.67. The van der Waals surface area contributed by atoms with Crippen LogP contribution in [0.4, 0.5) is 11.5 Å². The Morgan fingerprint density at radius 1 is 1.79 bits per heavy atom. The number of hydrogen-bond donors (Lipinski definition) is 2. The van der Waals surface area contributed by atoms with E-state index >= 15 is 0 Å². The molecule has 4 heteroatoms. The zero-order valence-corrected chi connectivity index (χ0v) is 9.51. The molecule has 1 aromatic rings. The summed E-state index contributed by atoms with van der Waals surface area (Å²) in [6.07, 6.45) is 7.78. The number of halogens is 1. The predicted molar refractivity (Wildman–Crippen MR) is 62.9 cm³/mol. The molecule has 0 saturated heterocycles. The maximum absolute atomic E-state index is 5.56. The van der Waals surface area contributed by atoms with Gasteiger partial charge in [-0.3, -0.25) is 0 Å². The van der Waals surface area contributed by atoms with Crippen molar-refractivity contribution in [3.8, 4) is 12.3 Å². The van der Waals surface area contributed by atoms with Crippen molar-refractivity contribution < 1.29 is 0 Å². The van der Waals surface area contributed by atoms with Crippen molar-refractivity contribution in [1.82, 2.24) is 4.98 Å². The zero-order valence-electron chi connectivity index (χ0n) is 7.92. The van der Waals surface area contributed by atoms with E-state index in [9.17, 15) is 0 Å². The van der Waals surface area contributed by atoms with Crippen LogP contribution in [0.2, 0.25) is 0 Å². The first-order valence-corrected chi connectivity index (χ1v) is 5.10. The van der Waals surface area contributed by atoms with Gasteiger partial charge in [0.05, 0.1) is 22.4 Å². The van der Waals surface area contributed by atoms with Crippen molar-refractivity contribution in [2.75, 3.05) is 11.1 Å². The average molecular weight is 254 g/mol. The van der Waals surface area contributed by atoms with E-state index in [0.717, 1.165) is 16.7 Å². The molecule has 0 aliphatic rings. The third-order valence-electron chi connectivity index (χ3n) is 1.78. The number of aromatic nitrogens is 1. The summed E-state index contributed by atoms with van der Waals surface area (Å²) in [5.74, 6) is 3.36. The minimum Gasteiger partial charge on any atom is -0.397 e. The van der Waals surface area contributed by atoms with Crippen LogP contribution in [-0.4, -0.2) is 11.0 Å². The van der Waals surface area contributed by atoms with E-state index in [2.05, 4.69) is 32.2 Å². The fraction of sp³-hybridized carbons (Fsp3) is 0.300. The molecule has 14 heavy (non-hydrogen) atoms. The van der Waals surface area contributed by atoms with Crippen LogP contribution in [0.1, 0.15) is 13.3 Å². The Morgan fingerprint density at radius 3 is 3.00 bits per heavy atom. The van der Waals surface area contributed by atoms with Crippen LogP contribution in [0, 0.1) is 12.3 Å². The van der Waals surface area contributed by atoms with Crippen molar-refractivity contribution in [1.29, 1.82) is 0 Å². The highest BCUT2D eigenvalue weighted by molar-refractivity contribution is 9.10. The van der Waals surface area contributed by atoms with Crippen molar-refractivity contribution in [3.05, 3.63) is 16.7 Å². The molecule has 0 spiro atoms. The van der Waals surface area contributed by atoms with Crippen molar-refractivity contribution in [2.45, 2.75) is 19.4 Å². The minimum absolute atomic E-state index is 0.00224. The van der Waals surface area contributed by atoms with Gasteiger partial charge in [-0.15, -0.1) is 6.42 Å². The number of terminal acetylenes is 1. The molecule has 0 fully saturated rings. The van der Waals surface area contributed by atoms with Gasteiger partial charge < -0.3 is 11.1 Å². The second kappa shape index (κ2) is 4.87. The SMILES string of the molecule is C#CC(CC)Nc1ncc(N)cc1Br. The third kappa shape index (κ3) is 2.64. The lowest BCUT2D eigenvalue weighted by Crippen LogP contribution is -2.16. The van der Waals surface area contributed by atoms with E-state index in [1.165, 1.54) is 0 Å². The van der Waals surface area contributed by atoms with Crippen molar-refractivity contribution in [2.24, 2.45) is 0 Å². The number of anilines is 2. The molecule has 1 aromatic heterocycles. The van der Waals surface area contributed by atoms with E-state index in [1.54, 1.807) is 12.3 Å². The van der Waals surface area contributed by atoms with E-state index in [1.807, 2.05) is 6.92 Å². The Kier molecular flexibility index (Phi) is 3.78. The molecule has 0 aliphatic carbocycles. The number of nitrogens with zero attached hydrogens (tertiary/aromatic N) is 1. The Labute approximate surface area is 92.2 Å². The van der Waals surface area contributed by atoms with E-state index in [-0.39, 0.29) is 6.04 Å². The molecule has 0 amide bonds. The van der Waals surface area contributed by atoms with Gasteiger partial charge in [-0.05, 0) is 28.4 Å². The number of nitrogens with two attached hydrogens (primary N) is 1. The summed E-state index contributed by atoms with van der Waals surface area (Å²) < 4.78 is 0.825. The van der Waals surface area contributed by atoms with E-state index in [4.69, 9.17) is 12.2 Å². The highest BCUT2D eigenvalue weighted by Crippen LogP contribution is 2.22. The molecule has 1 unspecified atom stereocenters. The van der Waals surface area contributed by atoms with Crippen LogP contribution < -0.4 is 11.1 Å². The number of pyridine rings is 1. The molecule has 0 radical (unpaired) electrons. The lowest BCUT2D eigenvalue weighted by Gasteiger charge is -2.12. The van der Waals surface area contributed by atoms with Crippen molar-refractivity contribution >= 4 is 27.4 Å². The molecule has 0 saturated carbocycles. The largest absolute Gasteiger partial charge is 0.397 e. The van der Waals surface area contributed by atoms with Crippen LogP contribution in [0.25, 0.3) is 0 Å². The predicted octanol–water partition coefficient (Wildman–Crippen LogP) is 2.25. The Balaban J connectivity index is 2.82. The summed E-state index contributed by atoms with van der Waals surface area (Å²) in [7, 11) is 0. The first-order valence-electron chi connectivity index (χ1n) is 4.31. The summed E-state index contributed by atoms with van der Waals surface area (Å²) in [6.45, 7) is 2.02. The number of rotatable bonds is 3. The van der Waals surface area contributed by atoms with Gasteiger partial charge in [0.25, 0.3) is 0 Å². The monoisotopic (exact) mass is 253 g/mol. The number of nitrogens with one attached hydrogen (secondary N) is 1. The second-order valence-electron chi connectivity index (χ2n) is 2.87. The first kappa shape index (κ1) is 10.9. The Hall–Kier alpha value is -1.21. The molecular formula is C10H12BrN3. The van der Waals surface area contributed by atoms with Crippen LogP contribution in [-0.2, 0) is 0 Å². The van der Waals surface area contributed by atoms with Gasteiger partial charge in [0.15, 0.2) is 0 Å². The summed E-state index contributed by atoms with van der Waals surface area (Å²) >= 11 is 3.36. The Bertz CT molecular complexity index is 357. The minimum atomic E-state index is 0.00224. The van der Waals surface area contributed by atoms with Crippen LogP contribution >= 0.6 is 15.9 Å². The molecule has 3 nitrogen and oxygen atoms in total. The number of nitrogen functional groups attached to an aromatic ring is 1. The zero-order chi connectivity index (χ0) is 10.6.